The molecule has 2 nitrogen and oxygen atoms in total. The van der Waals surface area contributed by atoms with Gasteiger partial charge in [-0.15, -0.1) is 0 Å². The molecule has 0 bridgehead atoms. The van der Waals surface area contributed by atoms with Gasteiger partial charge in [-0.1, -0.05) is 12.8 Å². The summed E-state index contributed by atoms with van der Waals surface area (Å²) < 4.78 is 1.11. The third-order valence-electron chi connectivity index (χ3n) is 4.54. The molecular weight excluding hydrogens is 288 g/mol. The quantitative estimate of drug-likeness (QED) is 0.768. The van der Waals surface area contributed by atoms with Crippen molar-refractivity contribution in [3.8, 4) is 0 Å². The summed E-state index contributed by atoms with van der Waals surface area (Å²) in [5, 5.41) is 0. The lowest BCUT2D eigenvalue weighted by molar-refractivity contribution is 0.242. The molecule has 2 aliphatic rings. The predicted molar refractivity (Wildman–Crippen MR) is 79.0 cm³/mol. The van der Waals surface area contributed by atoms with Crippen molar-refractivity contribution < 1.29 is 0 Å². The van der Waals surface area contributed by atoms with Crippen molar-refractivity contribution in [2.75, 3.05) is 11.4 Å². The number of halogens is 1. The average Bonchev–Trinajstić information content (AvgIpc) is 2.41. The van der Waals surface area contributed by atoms with Crippen molar-refractivity contribution in [3.63, 3.8) is 0 Å². The fourth-order valence-electron chi connectivity index (χ4n) is 3.60. The van der Waals surface area contributed by atoms with Gasteiger partial charge in [-0.25, -0.2) is 4.98 Å². The lowest BCUT2D eigenvalue weighted by atomic mass is 9.78. The lowest BCUT2D eigenvalue weighted by Gasteiger charge is -2.44. The maximum Gasteiger partial charge on any atom is 0.129 e. The minimum atomic E-state index is 0.751. The molecule has 2 atom stereocenters. The van der Waals surface area contributed by atoms with Crippen molar-refractivity contribution >= 4 is 21.7 Å². The summed E-state index contributed by atoms with van der Waals surface area (Å²) in [6.07, 6.45) is 8.38. The summed E-state index contributed by atoms with van der Waals surface area (Å²) in [4.78, 5) is 7.34. The van der Waals surface area contributed by atoms with Gasteiger partial charge in [0.1, 0.15) is 5.82 Å². The fraction of sp³-hybridized carbons (Fsp3) is 0.667. The van der Waals surface area contributed by atoms with Crippen LogP contribution in [-0.4, -0.2) is 17.6 Å². The van der Waals surface area contributed by atoms with E-state index in [-0.39, 0.29) is 0 Å². The van der Waals surface area contributed by atoms with E-state index in [1.165, 1.54) is 50.9 Å². The average molecular weight is 309 g/mol. The Morgan fingerprint density at radius 3 is 2.78 bits per heavy atom. The smallest absolute Gasteiger partial charge is 0.129 e. The lowest BCUT2D eigenvalue weighted by Crippen LogP contribution is -2.47. The van der Waals surface area contributed by atoms with Gasteiger partial charge in [0, 0.05) is 17.1 Å². The van der Waals surface area contributed by atoms with Gasteiger partial charge in [0.25, 0.3) is 0 Å². The number of nitrogens with zero attached hydrogens (tertiary/aromatic N) is 2. The molecule has 0 N–H and O–H groups in total. The van der Waals surface area contributed by atoms with Crippen LogP contribution >= 0.6 is 15.9 Å². The molecule has 1 saturated carbocycles. The van der Waals surface area contributed by atoms with Crippen LogP contribution in [0.3, 0.4) is 0 Å². The van der Waals surface area contributed by atoms with E-state index < -0.39 is 0 Å². The zero-order valence-electron chi connectivity index (χ0n) is 11.0. The van der Waals surface area contributed by atoms with Crippen LogP contribution in [0.2, 0.25) is 0 Å². The molecule has 3 heteroatoms. The molecule has 2 fully saturated rings. The first-order chi connectivity index (χ1) is 8.75. The standard InChI is InChI=1S/C15H21BrN2/c1-11-13(16)8-9-15(17-11)18-10-4-6-12-5-2-3-7-14(12)18/h8-9,12,14H,2-7,10H2,1H3. The Balaban J connectivity index is 1.87. The highest BCUT2D eigenvalue weighted by molar-refractivity contribution is 9.10. The summed E-state index contributed by atoms with van der Waals surface area (Å²) in [5.41, 5.74) is 1.10. The minimum Gasteiger partial charge on any atom is -0.353 e. The second-order valence-electron chi connectivity index (χ2n) is 5.68. The molecule has 0 radical (unpaired) electrons. The number of hydrogen-bond acceptors (Lipinski definition) is 2. The normalized spacial score (nSPS) is 28.0. The fourth-order valence-corrected chi connectivity index (χ4v) is 3.82. The molecule has 1 aromatic heterocycles. The van der Waals surface area contributed by atoms with Crippen molar-refractivity contribution in [1.82, 2.24) is 4.98 Å². The van der Waals surface area contributed by atoms with Gasteiger partial charge in [0.15, 0.2) is 0 Å². The van der Waals surface area contributed by atoms with Gasteiger partial charge in [0.05, 0.1) is 5.69 Å². The van der Waals surface area contributed by atoms with Crippen LogP contribution in [0.25, 0.3) is 0 Å². The van der Waals surface area contributed by atoms with Crippen LogP contribution < -0.4 is 4.90 Å². The van der Waals surface area contributed by atoms with Gasteiger partial charge in [-0.05, 0) is 66.6 Å². The van der Waals surface area contributed by atoms with Gasteiger partial charge >= 0.3 is 0 Å². The maximum absolute atomic E-state index is 4.77. The molecule has 3 rings (SSSR count). The summed E-state index contributed by atoms with van der Waals surface area (Å²) in [7, 11) is 0. The van der Waals surface area contributed by atoms with Crippen LogP contribution in [0.15, 0.2) is 16.6 Å². The first kappa shape index (κ1) is 12.5. The number of pyridine rings is 1. The molecule has 1 saturated heterocycles. The van der Waals surface area contributed by atoms with Crippen molar-refractivity contribution in [2.45, 2.75) is 51.5 Å². The van der Waals surface area contributed by atoms with Gasteiger partial charge in [-0.2, -0.15) is 0 Å². The van der Waals surface area contributed by atoms with Crippen LogP contribution in [0.4, 0.5) is 5.82 Å². The predicted octanol–water partition coefficient (Wildman–Crippen LogP) is 4.31. The van der Waals surface area contributed by atoms with E-state index in [9.17, 15) is 0 Å². The minimum absolute atomic E-state index is 0.751. The number of aryl methyl sites for hydroxylation is 1. The van der Waals surface area contributed by atoms with Crippen molar-refractivity contribution in [2.24, 2.45) is 5.92 Å². The number of hydrogen-bond donors (Lipinski definition) is 0. The van der Waals surface area contributed by atoms with Crippen LogP contribution in [0.5, 0.6) is 0 Å². The third-order valence-corrected chi connectivity index (χ3v) is 5.38. The molecule has 18 heavy (non-hydrogen) atoms. The molecule has 0 aromatic carbocycles. The first-order valence-electron chi connectivity index (χ1n) is 7.15. The third kappa shape index (κ3) is 2.29. The van der Waals surface area contributed by atoms with E-state index in [0.29, 0.717) is 0 Å². The van der Waals surface area contributed by atoms with Gasteiger partial charge in [0.2, 0.25) is 0 Å². The number of rotatable bonds is 1. The van der Waals surface area contributed by atoms with Gasteiger partial charge < -0.3 is 4.90 Å². The van der Waals surface area contributed by atoms with E-state index in [0.717, 1.165) is 22.1 Å². The first-order valence-corrected chi connectivity index (χ1v) is 7.95. The summed E-state index contributed by atoms with van der Waals surface area (Å²) in [5.74, 6) is 2.10. The summed E-state index contributed by atoms with van der Waals surface area (Å²) in [6, 6.07) is 5.07. The van der Waals surface area contributed by atoms with E-state index in [2.05, 4.69) is 39.9 Å². The molecule has 0 amide bonds. The SMILES string of the molecule is Cc1nc(N2CCCC3CCCCC32)ccc1Br. The molecule has 1 aliphatic heterocycles. The van der Waals surface area contributed by atoms with Crippen LogP contribution in [-0.2, 0) is 0 Å². The molecule has 2 heterocycles. The Morgan fingerprint density at radius 1 is 1.17 bits per heavy atom. The molecule has 2 unspecified atom stereocenters. The van der Waals surface area contributed by atoms with E-state index in [1.54, 1.807) is 0 Å². The summed E-state index contributed by atoms with van der Waals surface area (Å²) in [6.45, 7) is 3.27. The Bertz CT molecular complexity index is 431. The van der Waals surface area contributed by atoms with Crippen molar-refractivity contribution in [3.05, 3.63) is 22.3 Å². The molecular formula is C15H21BrN2. The van der Waals surface area contributed by atoms with E-state index in [4.69, 9.17) is 4.98 Å². The number of fused-ring (bicyclic) bond motifs is 1. The molecule has 1 aromatic rings. The monoisotopic (exact) mass is 308 g/mol. The summed E-state index contributed by atoms with van der Waals surface area (Å²) >= 11 is 3.54. The second kappa shape index (κ2) is 5.20. The number of anilines is 1. The Hall–Kier alpha value is -0.570. The Kier molecular flexibility index (Phi) is 3.60. The number of aromatic nitrogens is 1. The second-order valence-corrected chi connectivity index (χ2v) is 6.54. The highest BCUT2D eigenvalue weighted by Gasteiger charge is 2.33. The van der Waals surface area contributed by atoms with E-state index >= 15 is 0 Å². The molecule has 98 valence electrons. The largest absolute Gasteiger partial charge is 0.353 e. The maximum atomic E-state index is 4.77. The van der Waals surface area contributed by atoms with Crippen LogP contribution in [0.1, 0.15) is 44.2 Å². The highest BCUT2D eigenvalue weighted by Crippen LogP contribution is 2.37. The van der Waals surface area contributed by atoms with Gasteiger partial charge in [-0.3, -0.25) is 0 Å². The van der Waals surface area contributed by atoms with Crippen LogP contribution in [0, 0.1) is 12.8 Å². The Labute approximate surface area is 118 Å². The molecule has 1 aliphatic carbocycles. The Morgan fingerprint density at radius 2 is 1.94 bits per heavy atom. The zero-order valence-corrected chi connectivity index (χ0v) is 12.6. The topological polar surface area (TPSA) is 16.1 Å². The van der Waals surface area contributed by atoms with E-state index in [1.807, 2.05) is 0 Å². The zero-order chi connectivity index (χ0) is 12.5. The van der Waals surface area contributed by atoms with Crippen molar-refractivity contribution in [1.29, 1.82) is 0 Å². The highest BCUT2D eigenvalue weighted by atomic mass is 79.9. The number of piperidine rings is 1. The molecule has 0 spiro atoms.